The molecule has 4 nitrogen and oxygen atoms in total. The van der Waals surface area contributed by atoms with Crippen molar-refractivity contribution in [3.05, 3.63) is 28.8 Å². The van der Waals surface area contributed by atoms with Gasteiger partial charge in [-0.2, -0.15) is 0 Å². The van der Waals surface area contributed by atoms with Gasteiger partial charge < -0.3 is 10.5 Å². The van der Waals surface area contributed by atoms with Gasteiger partial charge in [0, 0.05) is 12.3 Å². The first-order valence-corrected chi connectivity index (χ1v) is 8.09. The molecule has 0 unspecified atom stereocenters. The van der Waals surface area contributed by atoms with Crippen LogP contribution in [0.2, 0.25) is 5.02 Å². The maximum atomic E-state index is 10.9. The lowest BCUT2D eigenvalue weighted by molar-refractivity contribution is 0.318. The van der Waals surface area contributed by atoms with Gasteiger partial charge in [0.05, 0.1) is 17.4 Å². The quantitative estimate of drug-likeness (QED) is 0.816. The fourth-order valence-corrected chi connectivity index (χ4v) is 2.31. The number of halogens is 1. The topological polar surface area (TPSA) is 69.4 Å². The normalized spacial score (nSPS) is 13.3. The molecule has 0 radical (unpaired) electrons. The Morgan fingerprint density at radius 1 is 1.44 bits per heavy atom. The molecule has 1 aromatic carbocycles. The molecule has 0 saturated carbocycles. The molecule has 0 amide bonds. The van der Waals surface area contributed by atoms with Crippen LogP contribution >= 0.6 is 11.6 Å². The Balaban J connectivity index is 2.53. The highest BCUT2D eigenvalue weighted by molar-refractivity contribution is 7.90. The number of ether oxygens (including phenoxy) is 1. The molecule has 0 aromatic heterocycles. The van der Waals surface area contributed by atoms with Gasteiger partial charge >= 0.3 is 0 Å². The summed E-state index contributed by atoms with van der Waals surface area (Å²) in [7, 11) is -2.94. The second kappa shape index (κ2) is 6.41. The van der Waals surface area contributed by atoms with Crippen molar-refractivity contribution in [3.63, 3.8) is 0 Å². The molecule has 1 atom stereocenters. The molecule has 0 bridgehead atoms. The molecule has 0 spiro atoms. The number of nitrogens with two attached hydrogens (primary N) is 1. The van der Waals surface area contributed by atoms with E-state index in [-0.39, 0.29) is 11.8 Å². The highest BCUT2D eigenvalue weighted by Crippen LogP contribution is 2.27. The Hall–Kier alpha value is -0.780. The summed E-state index contributed by atoms with van der Waals surface area (Å²) in [4.78, 5) is 0. The smallest absolute Gasteiger partial charge is 0.147 e. The summed E-state index contributed by atoms with van der Waals surface area (Å²) < 4.78 is 27.3. The van der Waals surface area contributed by atoms with Crippen molar-refractivity contribution in [1.82, 2.24) is 0 Å². The van der Waals surface area contributed by atoms with Crippen LogP contribution in [0.5, 0.6) is 5.75 Å². The van der Waals surface area contributed by atoms with E-state index in [2.05, 4.69) is 0 Å². The lowest BCUT2D eigenvalue weighted by Gasteiger charge is -2.11. The van der Waals surface area contributed by atoms with Crippen molar-refractivity contribution in [2.24, 2.45) is 5.73 Å². The molecule has 0 aliphatic rings. The second-order valence-electron chi connectivity index (χ2n) is 4.31. The van der Waals surface area contributed by atoms with Gasteiger partial charge in [-0.1, -0.05) is 17.7 Å². The van der Waals surface area contributed by atoms with Gasteiger partial charge in [0.25, 0.3) is 0 Å². The minimum absolute atomic E-state index is 0.0817. The third kappa shape index (κ3) is 5.25. The van der Waals surface area contributed by atoms with Crippen LogP contribution in [-0.4, -0.2) is 27.0 Å². The van der Waals surface area contributed by atoms with E-state index < -0.39 is 9.84 Å². The summed E-state index contributed by atoms with van der Waals surface area (Å²) in [5, 5.41) is 0.490. The maximum absolute atomic E-state index is 10.9. The highest BCUT2D eigenvalue weighted by atomic mass is 35.5. The van der Waals surface area contributed by atoms with Gasteiger partial charge in [-0.15, -0.1) is 0 Å². The largest absolute Gasteiger partial charge is 0.492 e. The Kier molecular flexibility index (Phi) is 5.44. The van der Waals surface area contributed by atoms with Gasteiger partial charge in [0.2, 0.25) is 0 Å². The van der Waals surface area contributed by atoms with Crippen molar-refractivity contribution in [2.75, 3.05) is 18.6 Å². The number of sulfone groups is 1. The molecule has 18 heavy (non-hydrogen) atoms. The monoisotopic (exact) mass is 291 g/mol. The summed E-state index contributed by atoms with van der Waals surface area (Å²) in [6.07, 6.45) is 1.65. The van der Waals surface area contributed by atoms with E-state index in [4.69, 9.17) is 22.1 Å². The molecule has 1 rings (SSSR count). The van der Waals surface area contributed by atoms with Crippen LogP contribution in [0.25, 0.3) is 0 Å². The van der Waals surface area contributed by atoms with Crippen molar-refractivity contribution in [2.45, 2.75) is 19.4 Å². The molecular weight excluding hydrogens is 274 g/mol. The molecule has 0 fully saturated rings. The van der Waals surface area contributed by atoms with E-state index in [0.717, 1.165) is 5.56 Å². The van der Waals surface area contributed by atoms with E-state index in [1.54, 1.807) is 12.1 Å². The van der Waals surface area contributed by atoms with Crippen LogP contribution < -0.4 is 10.5 Å². The van der Waals surface area contributed by atoms with Crippen LogP contribution in [0.3, 0.4) is 0 Å². The van der Waals surface area contributed by atoms with Crippen molar-refractivity contribution in [3.8, 4) is 5.75 Å². The van der Waals surface area contributed by atoms with E-state index in [9.17, 15) is 8.42 Å². The fraction of sp³-hybridized carbons (Fsp3) is 0.500. The first-order valence-electron chi connectivity index (χ1n) is 5.65. The molecule has 6 heteroatoms. The standard InChI is InChI=1S/C12H18ClNO3S/c1-9(14)10-4-5-12(11(13)8-10)17-6-3-7-18(2,15)16/h4-5,8-9H,3,6-7,14H2,1-2H3/t9-/m0/s1. The minimum atomic E-state index is -2.94. The van der Waals surface area contributed by atoms with Crippen LogP contribution in [-0.2, 0) is 9.84 Å². The lowest BCUT2D eigenvalue weighted by Crippen LogP contribution is -2.08. The fourth-order valence-electron chi connectivity index (χ4n) is 1.42. The predicted octanol–water partition coefficient (Wildman–Crippen LogP) is 2.17. The number of hydrogen-bond acceptors (Lipinski definition) is 4. The molecular formula is C12H18ClNO3S. The van der Waals surface area contributed by atoms with E-state index >= 15 is 0 Å². The number of rotatable bonds is 6. The van der Waals surface area contributed by atoms with Crippen LogP contribution in [0.4, 0.5) is 0 Å². The zero-order chi connectivity index (χ0) is 13.8. The summed E-state index contributed by atoms with van der Waals surface area (Å²) in [6, 6.07) is 5.28. The van der Waals surface area contributed by atoms with Crippen molar-refractivity contribution in [1.29, 1.82) is 0 Å². The van der Waals surface area contributed by atoms with Crippen molar-refractivity contribution < 1.29 is 13.2 Å². The third-order valence-electron chi connectivity index (χ3n) is 2.40. The third-order valence-corrected chi connectivity index (χ3v) is 3.72. The van der Waals surface area contributed by atoms with Crippen molar-refractivity contribution >= 4 is 21.4 Å². The van der Waals surface area contributed by atoms with Crippen LogP contribution in [0.1, 0.15) is 24.9 Å². The first kappa shape index (κ1) is 15.3. The maximum Gasteiger partial charge on any atom is 0.147 e. The molecule has 102 valence electrons. The molecule has 0 heterocycles. The van der Waals surface area contributed by atoms with Gasteiger partial charge in [-0.05, 0) is 31.0 Å². The average Bonchev–Trinajstić information content (AvgIpc) is 2.24. The SMILES string of the molecule is C[C@H](N)c1ccc(OCCCS(C)(=O)=O)c(Cl)c1. The van der Waals surface area contributed by atoms with Crippen LogP contribution in [0.15, 0.2) is 18.2 Å². The summed E-state index contributed by atoms with van der Waals surface area (Å²) in [6.45, 7) is 2.20. The van der Waals surface area contributed by atoms with Crippen LogP contribution in [0, 0.1) is 0 Å². The molecule has 0 saturated heterocycles. The zero-order valence-corrected chi connectivity index (χ0v) is 12.1. The Morgan fingerprint density at radius 3 is 2.61 bits per heavy atom. The van der Waals surface area contributed by atoms with Gasteiger partial charge in [0.1, 0.15) is 15.6 Å². The van der Waals surface area contributed by atoms with E-state index in [0.29, 0.717) is 23.8 Å². The average molecular weight is 292 g/mol. The lowest BCUT2D eigenvalue weighted by atomic mass is 10.1. The summed E-state index contributed by atoms with van der Waals surface area (Å²) in [5.41, 5.74) is 6.67. The minimum Gasteiger partial charge on any atom is -0.492 e. The predicted molar refractivity (Wildman–Crippen MR) is 73.9 cm³/mol. The molecule has 2 N–H and O–H groups in total. The van der Waals surface area contributed by atoms with Gasteiger partial charge in [0.15, 0.2) is 0 Å². The van der Waals surface area contributed by atoms with Gasteiger partial charge in [-0.25, -0.2) is 8.42 Å². The Bertz CT molecular complexity index is 500. The Morgan fingerprint density at radius 2 is 2.11 bits per heavy atom. The van der Waals surface area contributed by atoms with E-state index in [1.807, 2.05) is 13.0 Å². The van der Waals surface area contributed by atoms with E-state index in [1.165, 1.54) is 6.26 Å². The molecule has 1 aromatic rings. The second-order valence-corrected chi connectivity index (χ2v) is 6.98. The first-order chi connectivity index (χ1) is 8.29. The Labute approximate surface area is 113 Å². The number of hydrogen-bond donors (Lipinski definition) is 1. The van der Waals surface area contributed by atoms with Gasteiger partial charge in [-0.3, -0.25) is 0 Å². The summed E-state index contributed by atoms with van der Waals surface area (Å²) >= 11 is 6.04. The molecule has 0 aliphatic heterocycles. The zero-order valence-electron chi connectivity index (χ0n) is 10.5. The number of benzene rings is 1. The highest BCUT2D eigenvalue weighted by Gasteiger charge is 2.07. The summed E-state index contributed by atoms with van der Waals surface area (Å²) in [5.74, 6) is 0.664. The molecule has 0 aliphatic carbocycles.